The van der Waals surface area contributed by atoms with Crippen LogP contribution < -0.4 is 5.32 Å². The lowest BCUT2D eigenvalue weighted by Crippen LogP contribution is -2.51. The van der Waals surface area contributed by atoms with E-state index in [0.717, 1.165) is 17.8 Å². The number of benzene rings is 1. The minimum atomic E-state index is 0.544. The molecule has 0 spiro atoms. The average Bonchev–Trinajstić information content (AvgIpc) is 2.42. The molecule has 1 heteroatoms. The minimum absolute atomic E-state index is 0.544. The summed E-state index contributed by atoms with van der Waals surface area (Å²) in [5, 5.41) is 3.74. The molecule has 0 radical (unpaired) electrons. The first-order chi connectivity index (χ1) is 10.1. The van der Waals surface area contributed by atoms with E-state index in [1.54, 1.807) is 5.56 Å². The maximum Gasteiger partial charge on any atom is 0.0377 e. The van der Waals surface area contributed by atoms with Gasteiger partial charge in [0.05, 0.1) is 0 Å². The van der Waals surface area contributed by atoms with E-state index in [4.69, 9.17) is 0 Å². The van der Waals surface area contributed by atoms with Crippen LogP contribution in [0.4, 0.5) is 0 Å². The van der Waals surface area contributed by atoms with E-state index in [1.807, 2.05) is 0 Å². The van der Waals surface area contributed by atoms with Crippen molar-refractivity contribution in [2.24, 2.45) is 23.2 Å². The molecule has 114 valence electrons. The molecule has 1 nitrogen and oxygen atoms in total. The molecule has 21 heavy (non-hydrogen) atoms. The summed E-state index contributed by atoms with van der Waals surface area (Å²) in [6, 6.07) is 7.45. The van der Waals surface area contributed by atoms with Gasteiger partial charge >= 0.3 is 0 Å². The Balaban J connectivity index is 1.74. The highest BCUT2D eigenvalue weighted by molar-refractivity contribution is 5.37. The van der Waals surface area contributed by atoms with Crippen molar-refractivity contribution in [3.63, 3.8) is 0 Å². The SMILES string of the molecule is CNC(c1cccc(C)c1C)C12CC3CC(CC(C3)C1)C2. The van der Waals surface area contributed by atoms with Crippen LogP contribution in [0, 0.1) is 37.0 Å². The summed E-state index contributed by atoms with van der Waals surface area (Å²) in [6.45, 7) is 4.57. The number of aryl methyl sites for hydroxylation is 1. The first-order valence-corrected chi connectivity index (χ1v) is 8.84. The fraction of sp³-hybridized carbons (Fsp3) is 0.700. The maximum absolute atomic E-state index is 3.74. The molecule has 5 rings (SSSR count). The molecule has 1 atom stereocenters. The van der Waals surface area contributed by atoms with E-state index in [0.29, 0.717) is 11.5 Å². The zero-order chi connectivity index (χ0) is 14.6. The summed E-state index contributed by atoms with van der Waals surface area (Å²) in [6.07, 6.45) is 9.00. The van der Waals surface area contributed by atoms with Crippen LogP contribution in [0.25, 0.3) is 0 Å². The van der Waals surface area contributed by atoms with Crippen LogP contribution in [0.1, 0.15) is 61.3 Å². The summed E-state index contributed by atoms with van der Waals surface area (Å²) in [4.78, 5) is 0. The standard InChI is InChI=1S/C20H29N/c1-13-5-4-6-18(14(13)2)19(21-3)20-10-15-7-16(11-20)9-17(8-15)12-20/h4-6,15-17,19,21H,7-12H2,1-3H3. The molecule has 4 fully saturated rings. The second-order valence-electron chi connectivity index (χ2n) is 8.29. The summed E-state index contributed by atoms with van der Waals surface area (Å²) in [5.41, 5.74) is 5.06. The molecule has 4 aliphatic carbocycles. The molecule has 4 saturated carbocycles. The van der Waals surface area contributed by atoms with Gasteiger partial charge in [-0.15, -0.1) is 0 Å². The van der Waals surface area contributed by atoms with Crippen molar-refractivity contribution >= 4 is 0 Å². The second kappa shape index (κ2) is 4.84. The van der Waals surface area contributed by atoms with Crippen LogP contribution in [0.2, 0.25) is 0 Å². The maximum atomic E-state index is 3.74. The Morgan fingerprint density at radius 1 is 1.00 bits per heavy atom. The normalized spacial score (nSPS) is 38.7. The van der Waals surface area contributed by atoms with Crippen molar-refractivity contribution in [2.45, 2.75) is 58.4 Å². The van der Waals surface area contributed by atoms with Gasteiger partial charge < -0.3 is 5.32 Å². The van der Waals surface area contributed by atoms with E-state index in [2.05, 4.69) is 44.4 Å². The summed E-state index contributed by atoms with van der Waals surface area (Å²) < 4.78 is 0. The fourth-order valence-corrected chi connectivity index (χ4v) is 6.41. The van der Waals surface area contributed by atoms with Crippen LogP contribution in [-0.2, 0) is 0 Å². The van der Waals surface area contributed by atoms with Crippen molar-refractivity contribution in [3.05, 3.63) is 34.9 Å². The first-order valence-electron chi connectivity index (χ1n) is 8.84. The van der Waals surface area contributed by atoms with Gasteiger partial charge in [-0.2, -0.15) is 0 Å². The molecule has 1 aromatic rings. The van der Waals surface area contributed by atoms with Gasteiger partial charge in [0.1, 0.15) is 0 Å². The molecular formula is C20H29N. The van der Waals surface area contributed by atoms with Gasteiger partial charge in [-0.25, -0.2) is 0 Å². The number of hydrogen-bond acceptors (Lipinski definition) is 1. The molecule has 0 amide bonds. The predicted molar refractivity (Wildman–Crippen MR) is 88.3 cm³/mol. The van der Waals surface area contributed by atoms with E-state index >= 15 is 0 Å². The molecule has 1 unspecified atom stereocenters. The van der Waals surface area contributed by atoms with Gasteiger partial charge in [0.15, 0.2) is 0 Å². The van der Waals surface area contributed by atoms with Crippen molar-refractivity contribution in [3.8, 4) is 0 Å². The highest BCUT2D eigenvalue weighted by Gasteiger charge is 2.54. The predicted octanol–water partition coefficient (Wildman–Crippen LogP) is 4.78. The highest BCUT2D eigenvalue weighted by Crippen LogP contribution is 2.64. The lowest BCUT2D eigenvalue weighted by Gasteiger charge is -2.59. The van der Waals surface area contributed by atoms with Gasteiger partial charge in [-0.3, -0.25) is 0 Å². The number of nitrogens with one attached hydrogen (secondary N) is 1. The lowest BCUT2D eigenvalue weighted by atomic mass is 9.47. The van der Waals surface area contributed by atoms with Gasteiger partial charge in [0.2, 0.25) is 0 Å². The molecule has 4 bridgehead atoms. The lowest BCUT2D eigenvalue weighted by molar-refractivity contribution is -0.0737. The molecule has 0 heterocycles. The molecule has 0 saturated heterocycles. The minimum Gasteiger partial charge on any atom is -0.313 e. The third-order valence-electron chi connectivity index (χ3n) is 6.94. The van der Waals surface area contributed by atoms with Crippen molar-refractivity contribution in [1.82, 2.24) is 5.32 Å². The Labute approximate surface area is 129 Å². The van der Waals surface area contributed by atoms with Gasteiger partial charge in [0, 0.05) is 6.04 Å². The van der Waals surface area contributed by atoms with E-state index in [1.165, 1.54) is 49.7 Å². The topological polar surface area (TPSA) is 12.0 Å². The number of rotatable bonds is 3. The van der Waals surface area contributed by atoms with E-state index in [9.17, 15) is 0 Å². The Morgan fingerprint density at radius 2 is 1.57 bits per heavy atom. The van der Waals surface area contributed by atoms with Gasteiger partial charge in [0.25, 0.3) is 0 Å². The van der Waals surface area contributed by atoms with Crippen LogP contribution in [-0.4, -0.2) is 7.05 Å². The molecule has 0 aromatic heterocycles. The zero-order valence-electron chi connectivity index (χ0n) is 13.8. The zero-order valence-corrected chi connectivity index (χ0v) is 13.8. The second-order valence-corrected chi connectivity index (χ2v) is 8.29. The van der Waals surface area contributed by atoms with E-state index < -0.39 is 0 Å². The summed E-state index contributed by atoms with van der Waals surface area (Å²) in [5.74, 6) is 3.08. The average molecular weight is 283 g/mol. The van der Waals surface area contributed by atoms with Gasteiger partial charge in [-0.05, 0) is 99.3 Å². The van der Waals surface area contributed by atoms with Gasteiger partial charge in [-0.1, -0.05) is 18.2 Å². The van der Waals surface area contributed by atoms with Crippen molar-refractivity contribution < 1.29 is 0 Å². The largest absolute Gasteiger partial charge is 0.313 e. The van der Waals surface area contributed by atoms with Crippen molar-refractivity contribution in [2.75, 3.05) is 7.05 Å². The van der Waals surface area contributed by atoms with Crippen LogP contribution >= 0.6 is 0 Å². The third-order valence-corrected chi connectivity index (χ3v) is 6.94. The highest BCUT2D eigenvalue weighted by atomic mass is 14.9. The quantitative estimate of drug-likeness (QED) is 0.841. The fourth-order valence-electron chi connectivity index (χ4n) is 6.41. The number of hydrogen-bond donors (Lipinski definition) is 1. The Kier molecular flexibility index (Phi) is 3.19. The summed E-state index contributed by atoms with van der Waals surface area (Å²) >= 11 is 0. The Hall–Kier alpha value is -0.820. The smallest absolute Gasteiger partial charge is 0.0377 e. The molecule has 4 aliphatic rings. The Bertz CT molecular complexity index is 509. The first kappa shape index (κ1) is 13.8. The van der Waals surface area contributed by atoms with Crippen LogP contribution in [0.3, 0.4) is 0 Å². The molecule has 1 aromatic carbocycles. The summed E-state index contributed by atoms with van der Waals surface area (Å²) in [7, 11) is 2.19. The molecular weight excluding hydrogens is 254 g/mol. The van der Waals surface area contributed by atoms with E-state index in [-0.39, 0.29) is 0 Å². The monoisotopic (exact) mass is 283 g/mol. The Morgan fingerprint density at radius 3 is 2.10 bits per heavy atom. The molecule has 0 aliphatic heterocycles. The third kappa shape index (κ3) is 2.08. The van der Waals surface area contributed by atoms with Crippen molar-refractivity contribution in [1.29, 1.82) is 0 Å². The van der Waals surface area contributed by atoms with Crippen LogP contribution in [0.5, 0.6) is 0 Å². The molecule has 1 N–H and O–H groups in total. The van der Waals surface area contributed by atoms with Crippen LogP contribution in [0.15, 0.2) is 18.2 Å².